The summed E-state index contributed by atoms with van der Waals surface area (Å²) in [6.45, 7) is 6.08. The average Bonchev–Trinajstić information content (AvgIpc) is 2.64. The van der Waals surface area contributed by atoms with Gasteiger partial charge < -0.3 is 4.90 Å². The van der Waals surface area contributed by atoms with E-state index in [0.29, 0.717) is 5.25 Å². The van der Waals surface area contributed by atoms with E-state index in [4.69, 9.17) is 0 Å². The van der Waals surface area contributed by atoms with Gasteiger partial charge in [-0.3, -0.25) is 4.79 Å². The molecule has 1 atom stereocenters. The van der Waals surface area contributed by atoms with Gasteiger partial charge in [-0.25, -0.2) is 0 Å². The second-order valence-electron chi connectivity index (χ2n) is 4.76. The molecule has 1 aromatic rings. The van der Waals surface area contributed by atoms with Gasteiger partial charge in [-0.05, 0) is 42.5 Å². The molecule has 1 unspecified atom stereocenters. The normalized spacial score (nSPS) is 20.8. The van der Waals surface area contributed by atoms with Crippen molar-refractivity contribution in [2.24, 2.45) is 0 Å². The molecule has 0 aliphatic carbocycles. The van der Waals surface area contributed by atoms with Crippen LogP contribution in [-0.2, 0) is 0 Å². The summed E-state index contributed by atoms with van der Waals surface area (Å²) in [5, 5.41) is 2.64. The molecule has 1 saturated heterocycles. The van der Waals surface area contributed by atoms with E-state index in [-0.39, 0.29) is 5.91 Å². The van der Waals surface area contributed by atoms with Gasteiger partial charge in [0, 0.05) is 18.3 Å². The third-order valence-corrected chi connectivity index (χ3v) is 5.57. The quantitative estimate of drug-likeness (QED) is 0.841. The average molecular weight is 283 g/mol. The third kappa shape index (κ3) is 3.29. The lowest BCUT2D eigenvalue weighted by Crippen LogP contribution is -2.35. The Labute approximate surface area is 118 Å². The van der Waals surface area contributed by atoms with Crippen molar-refractivity contribution in [3.63, 3.8) is 0 Å². The van der Waals surface area contributed by atoms with E-state index < -0.39 is 0 Å². The Morgan fingerprint density at radius 3 is 3.06 bits per heavy atom. The zero-order chi connectivity index (χ0) is 13.0. The predicted molar refractivity (Wildman–Crippen MR) is 80.7 cm³/mol. The van der Waals surface area contributed by atoms with Gasteiger partial charge in [-0.15, -0.1) is 11.3 Å². The fraction of sp³-hybridized carbons (Fsp3) is 0.643. The van der Waals surface area contributed by atoms with Crippen molar-refractivity contribution in [1.82, 2.24) is 4.90 Å². The van der Waals surface area contributed by atoms with Crippen molar-refractivity contribution >= 4 is 29.0 Å². The number of rotatable bonds is 3. The van der Waals surface area contributed by atoms with E-state index in [9.17, 15) is 4.79 Å². The van der Waals surface area contributed by atoms with Crippen LogP contribution in [0.5, 0.6) is 0 Å². The van der Waals surface area contributed by atoms with E-state index in [1.54, 1.807) is 11.3 Å². The zero-order valence-corrected chi connectivity index (χ0v) is 12.8. The minimum atomic E-state index is 0.242. The number of likely N-dealkylation sites (tertiary alicyclic amines) is 1. The number of nitrogens with zero attached hydrogens (tertiary/aromatic N) is 1. The summed E-state index contributed by atoms with van der Waals surface area (Å²) in [4.78, 5) is 15.5. The molecule has 2 rings (SSSR count). The van der Waals surface area contributed by atoms with Crippen molar-refractivity contribution in [1.29, 1.82) is 0 Å². The number of thiophene rings is 1. The molecular formula is C14H21NOS2. The van der Waals surface area contributed by atoms with E-state index in [1.807, 2.05) is 30.1 Å². The molecule has 0 aromatic carbocycles. The van der Waals surface area contributed by atoms with Crippen molar-refractivity contribution in [2.75, 3.05) is 18.8 Å². The SMILES string of the molecule is CCSC1CCCCN(C(=O)c2sccc2C)C1. The highest BCUT2D eigenvalue weighted by molar-refractivity contribution is 7.99. The summed E-state index contributed by atoms with van der Waals surface area (Å²) in [7, 11) is 0. The molecule has 0 spiro atoms. The van der Waals surface area contributed by atoms with Crippen LogP contribution in [0.2, 0.25) is 0 Å². The Kier molecular flexibility index (Phi) is 5.13. The van der Waals surface area contributed by atoms with Crippen LogP contribution in [0.4, 0.5) is 0 Å². The van der Waals surface area contributed by atoms with Gasteiger partial charge >= 0.3 is 0 Å². The summed E-state index contributed by atoms with van der Waals surface area (Å²) in [6, 6.07) is 2.04. The van der Waals surface area contributed by atoms with Gasteiger partial charge in [0.25, 0.3) is 5.91 Å². The molecule has 18 heavy (non-hydrogen) atoms. The van der Waals surface area contributed by atoms with Crippen LogP contribution in [0.25, 0.3) is 0 Å². The van der Waals surface area contributed by atoms with Crippen LogP contribution in [0, 0.1) is 6.92 Å². The van der Waals surface area contributed by atoms with Gasteiger partial charge in [0.15, 0.2) is 0 Å². The van der Waals surface area contributed by atoms with Crippen molar-refractivity contribution in [3.05, 3.63) is 21.9 Å². The number of carbonyl (C=O) groups is 1. The first-order chi connectivity index (χ1) is 8.72. The van der Waals surface area contributed by atoms with E-state index in [1.165, 1.54) is 12.8 Å². The van der Waals surface area contributed by atoms with Crippen LogP contribution in [-0.4, -0.2) is 34.9 Å². The topological polar surface area (TPSA) is 20.3 Å². The minimum Gasteiger partial charge on any atom is -0.337 e. The minimum absolute atomic E-state index is 0.242. The van der Waals surface area contributed by atoms with Crippen LogP contribution in [0.1, 0.15) is 41.4 Å². The van der Waals surface area contributed by atoms with Gasteiger partial charge in [0.1, 0.15) is 0 Å². The summed E-state index contributed by atoms with van der Waals surface area (Å²) in [6.07, 6.45) is 3.66. The first-order valence-corrected chi connectivity index (χ1v) is 8.60. The zero-order valence-electron chi connectivity index (χ0n) is 11.1. The van der Waals surface area contributed by atoms with Gasteiger partial charge in [-0.1, -0.05) is 13.3 Å². The van der Waals surface area contributed by atoms with Gasteiger partial charge in [0.05, 0.1) is 4.88 Å². The van der Waals surface area contributed by atoms with E-state index >= 15 is 0 Å². The smallest absolute Gasteiger partial charge is 0.264 e. The molecule has 1 aliphatic heterocycles. The second kappa shape index (κ2) is 6.62. The lowest BCUT2D eigenvalue weighted by atomic mass is 10.2. The molecule has 0 N–H and O–H groups in total. The number of aryl methyl sites for hydroxylation is 1. The standard InChI is InChI=1S/C14H21NOS2/c1-3-17-12-6-4-5-8-15(10-12)14(16)13-11(2)7-9-18-13/h7,9,12H,3-6,8,10H2,1-2H3. The molecule has 1 aromatic heterocycles. The monoisotopic (exact) mass is 283 g/mol. The highest BCUT2D eigenvalue weighted by Crippen LogP contribution is 2.25. The lowest BCUT2D eigenvalue weighted by molar-refractivity contribution is 0.0767. The maximum Gasteiger partial charge on any atom is 0.264 e. The Morgan fingerprint density at radius 2 is 2.39 bits per heavy atom. The van der Waals surface area contributed by atoms with E-state index in [2.05, 4.69) is 11.8 Å². The lowest BCUT2D eigenvalue weighted by Gasteiger charge is -2.24. The summed E-state index contributed by atoms with van der Waals surface area (Å²) < 4.78 is 0. The maximum atomic E-state index is 12.5. The molecule has 0 bridgehead atoms. The molecule has 1 amide bonds. The Balaban J connectivity index is 2.06. The van der Waals surface area contributed by atoms with Crippen LogP contribution in [0.15, 0.2) is 11.4 Å². The molecule has 1 fully saturated rings. The summed E-state index contributed by atoms with van der Waals surface area (Å²) >= 11 is 3.57. The number of amides is 1. The molecule has 2 heterocycles. The van der Waals surface area contributed by atoms with Gasteiger partial charge in [-0.2, -0.15) is 11.8 Å². The Bertz CT molecular complexity index is 402. The number of hydrogen-bond donors (Lipinski definition) is 0. The second-order valence-corrected chi connectivity index (χ2v) is 7.25. The molecule has 0 radical (unpaired) electrons. The number of thioether (sulfide) groups is 1. The number of carbonyl (C=O) groups excluding carboxylic acids is 1. The molecule has 2 nitrogen and oxygen atoms in total. The largest absolute Gasteiger partial charge is 0.337 e. The fourth-order valence-corrected chi connectivity index (χ4v) is 4.38. The molecule has 100 valence electrons. The molecule has 1 aliphatic rings. The van der Waals surface area contributed by atoms with Crippen LogP contribution in [0.3, 0.4) is 0 Å². The maximum absolute atomic E-state index is 12.5. The Hall–Kier alpha value is -0.480. The van der Waals surface area contributed by atoms with Crippen molar-refractivity contribution < 1.29 is 4.79 Å². The molecule has 4 heteroatoms. The third-order valence-electron chi connectivity index (χ3n) is 3.37. The molecule has 0 saturated carbocycles. The highest BCUT2D eigenvalue weighted by Gasteiger charge is 2.24. The van der Waals surface area contributed by atoms with E-state index in [0.717, 1.165) is 35.7 Å². The summed E-state index contributed by atoms with van der Waals surface area (Å²) in [5.74, 6) is 1.39. The summed E-state index contributed by atoms with van der Waals surface area (Å²) in [5.41, 5.74) is 1.12. The van der Waals surface area contributed by atoms with Crippen molar-refractivity contribution in [3.8, 4) is 0 Å². The predicted octanol–water partition coefficient (Wildman–Crippen LogP) is 3.80. The Morgan fingerprint density at radius 1 is 1.56 bits per heavy atom. The van der Waals surface area contributed by atoms with Gasteiger partial charge in [0.2, 0.25) is 0 Å². The first-order valence-electron chi connectivity index (χ1n) is 6.67. The fourth-order valence-electron chi connectivity index (χ4n) is 2.39. The van der Waals surface area contributed by atoms with Crippen LogP contribution < -0.4 is 0 Å². The highest BCUT2D eigenvalue weighted by atomic mass is 32.2. The number of hydrogen-bond acceptors (Lipinski definition) is 3. The van der Waals surface area contributed by atoms with Crippen LogP contribution >= 0.6 is 23.1 Å². The van der Waals surface area contributed by atoms with Crippen molar-refractivity contribution in [2.45, 2.75) is 38.4 Å². The first kappa shape index (κ1) is 13.9. The molecular weight excluding hydrogens is 262 g/mol.